The van der Waals surface area contributed by atoms with Crippen LogP contribution < -0.4 is 11.2 Å². The number of fused-ring (bicyclic) bond motifs is 1. The van der Waals surface area contributed by atoms with E-state index < -0.39 is 5.91 Å². The molecule has 2 aromatic rings. The van der Waals surface area contributed by atoms with Crippen molar-refractivity contribution in [2.24, 2.45) is 15.8 Å². The molecule has 1 aliphatic rings. The summed E-state index contributed by atoms with van der Waals surface area (Å²) in [5.74, 6) is -0.607. The zero-order chi connectivity index (χ0) is 17.2. The van der Waals surface area contributed by atoms with Gasteiger partial charge in [0.05, 0.1) is 16.9 Å². The smallest absolute Gasteiger partial charge is 0.271 e. The SMILES string of the molecule is CC1(C)Cc2ccccc2C(C(=NNc2ccccc2)C(N)=O)=N1. The minimum absolute atomic E-state index is 0.138. The van der Waals surface area contributed by atoms with Crippen LogP contribution in [0.4, 0.5) is 5.69 Å². The molecule has 1 aliphatic heterocycles. The fraction of sp³-hybridized carbons (Fsp3) is 0.211. The zero-order valence-electron chi connectivity index (χ0n) is 13.8. The van der Waals surface area contributed by atoms with E-state index in [1.165, 1.54) is 0 Å². The molecule has 0 fully saturated rings. The normalized spacial score (nSPS) is 16.1. The summed E-state index contributed by atoms with van der Waals surface area (Å²) in [6.45, 7) is 4.07. The van der Waals surface area contributed by atoms with Crippen molar-refractivity contribution >= 4 is 23.0 Å². The second kappa shape index (κ2) is 6.28. The second-order valence-corrected chi connectivity index (χ2v) is 6.41. The van der Waals surface area contributed by atoms with Gasteiger partial charge in [-0.1, -0.05) is 42.5 Å². The van der Waals surface area contributed by atoms with E-state index in [4.69, 9.17) is 10.7 Å². The number of rotatable bonds is 4. The third-order valence-electron chi connectivity index (χ3n) is 3.84. The third kappa shape index (κ3) is 3.35. The lowest BCUT2D eigenvalue weighted by Gasteiger charge is -2.28. The van der Waals surface area contributed by atoms with Gasteiger partial charge in [-0.2, -0.15) is 5.10 Å². The van der Waals surface area contributed by atoms with E-state index >= 15 is 0 Å². The van der Waals surface area contributed by atoms with Crippen molar-refractivity contribution < 1.29 is 4.79 Å². The molecular weight excluding hydrogens is 300 g/mol. The molecule has 0 spiro atoms. The summed E-state index contributed by atoms with van der Waals surface area (Å²) in [5, 5.41) is 4.24. The molecule has 0 atom stereocenters. The number of nitrogens with zero attached hydrogens (tertiary/aromatic N) is 2. The van der Waals surface area contributed by atoms with Crippen molar-refractivity contribution in [2.45, 2.75) is 25.8 Å². The van der Waals surface area contributed by atoms with Crippen molar-refractivity contribution in [3.63, 3.8) is 0 Å². The highest BCUT2D eigenvalue weighted by Crippen LogP contribution is 2.27. The molecule has 1 amide bonds. The molecule has 5 heteroatoms. The van der Waals surface area contributed by atoms with Crippen molar-refractivity contribution in [2.75, 3.05) is 5.43 Å². The number of carbonyl (C=O) groups excluding carboxylic acids is 1. The largest absolute Gasteiger partial charge is 0.364 e. The summed E-state index contributed by atoms with van der Waals surface area (Å²) in [4.78, 5) is 16.7. The fourth-order valence-electron chi connectivity index (χ4n) is 2.81. The van der Waals surface area contributed by atoms with Gasteiger partial charge in [0.15, 0.2) is 5.71 Å². The van der Waals surface area contributed by atoms with Crippen LogP contribution in [-0.2, 0) is 11.2 Å². The number of hydrazone groups is 1. The van der Waals surface area contributed by atoms with Gasteiger partial charge in [0.2, 0.25) is 0 Å². The molecule has 0 aliphatic carbocycles. The summed E-state index contributed by atoms with van der Waals surface area (Å²) in [6, 6.07) is 17.3. The Hall–Kier alpha value is -2.95. The maximum atomic E-state index is 12.0. The molecule has 0 aromatic heterocycles. The van der Waals surface area contributed by atoms with Gasteiger partial charge in [-0.3, -0.25) is 15.2 Å². The number of para-hydroxylation sites is 1. The summed E-state index contributed by atoms with van der Waals surface area (Å²) in [7, 11) is 0. The highest BCUT2D eigenvalue weighted by molar-refractivity contribution is 6.70. The van der Waals surface area contributed by atoms with Gasteiger partial charge in [-0.25, -0.2) is 0 Å². The summed E-state index contributed by atoms with van der Waals surface area (Å²) >= 11 is 0. The van der Waals surface area contributed by atoms with E-state index in [0.717, 1.165) is 23.2 Å². The number of aliphatic imine (C=N–C) groups is 1. The van der Waals surface area contributed by atoms with Gasteiger partial charge in [-0.05, 0) is 38.0 Å². The predicted molar refractivity (Wildman–Crippen MR) is 97.5 cm³/mol. The van der Waals surface area contributed by atoms with Crippen LogP contribution in [0.25, 0.3) is 0 Å². The van der Waals surface area contributed by atoms with Gasteiger partial charge < -0.3 is 5.73 Å². The second-order valence-electron chi connectivity index (χ2n) is 6.41. The first-order chi connectivity index (χ1) is 11.5. The molecule has 0 radical (unpaired) electrons. The number of primary amides is 1. The van der Waals surface area contributed by atoms with Gasteiger partial charge in [0.1, 0.15) is 0 Å². The van der Waals surface area contributed by atoms with Crippen LogP contribution in [0.1, 0.15) is 25.0 Å². The van der Waals surface area contributed by atoms with Crippen LogP contribution in [0.3, 0.4) is 0 Å². The Kier molecular flexibility index (Phi) is 4.16. The van der Waals surface area contributed by atoms with E-state index in [9.17, 15) is 4.79 Å². The highest BCUT2D eigenvalue weighted by atomic mass is 16.1. The Balaban J connectivity index is 2.04. The first-order valence-corrected chi connectivity index (χ1v) is 7.83. The molecule has 0 saturated carbocycles. The standard InChI is InChI=1S/C19H20N4O/c1-19(2)12-13-8-6-7-11-15(13)16(21-19)17(18(20)24)23-22-14-9-4-3-5-10-14/h3-11,22H,12H2,1-2H3,(H2,20,24). The topological polar surface area (TPSA) is 79.8 Å². The van der Waals surface area contributed by atoms with Crippen molar-refractivity contribution in [1.29, 1.82) is 0 Å². The van der Waals surface area contributed by atoms with Crippen LogP contribution >= 0.6 is 0 Å². The van der Waals surface area contributed by atoms with E-state index in [-0.39, 0.29) is 11.3 Å². The minimum Gasteiger partial charge on any atom is -0.364 e. The number of hydrogen-bond acceptors (Lipinski definition) is 4. The molecule has 5 nitrogen and oxygen atoms in total. The van der Waals surface area contributed by atoms with Gasteiger partial charge >= 0.3 is 0 Å². The quantitative estimate of drug-likeness (QED) is 0.671. The first-order valence-electron chi connectivity index (χ1n) is 7.83. The molecule has 1 heterocycles. The van der Waals surface area contributed by atoms with Gasteiger partial charge in [-0.15, -0.1) is 0 Å². The number of hydrogen-bond donors (Lipinski definition) is 2. The predicted octanol–water partition coefficient (Wildman–Crippen LogP) is 2.76. The first kappa shape index (κ1) is 15.9. The molecule has 0 saturated heterocycles. The van der Waals surface area contributed by atoms with Gasteiger partial charge in [0.25, 0.3) is 5.91 Å². The number of nitrogens with two attached hydrogens (primary N) is 1. The van der Waals surface area contributed by atoms with Crippen molar-refractivity contribution in [3.05, 3.63) is 65.7 Å². The van der Waals surface area contributed by atoms with E-state index in [1.807, 2.05) is 62.4 Å². The number of carbonyl (C=O) groups is 1. The number of nitrogens with one attached hydrogen (secondary N) is 1. The van der Waals surface area contributed by atoms with E-state index in [1.54, 1.807) is 0 Å². The lowest BCUT2D eigenvalue weighted by atomic mass is 9.85. The molecule has 24 heavy (non-hydrogen) atoms. The Morgan fingerprint density at radius 1 is 1.12 bits per heavy atom. The fourth-order valence-corrected chi connectivity index (χ4v) is 2.81. The molecule has 0 bridgehead atoms. The summed E-state index contributed by atoms with van der Waals surface area (Å²) in [6.07, 6.45) is 0.810. The molecule has 3 rings (SSSR count). The van der Waals surface area contributed by atoms with Gasteiger partial charge in [0, 0.05) is 5.56 Å². The molecule has 2 aromatic carbocycles. The third-order valence-corrected chi connectivity index (χ3v) is 3.84. The average Bonchev–Trinajstić information content (AvgIpc) is 2.54. The monoisotopic (exact) mass is 320 g/mol. The maximum absolute atomic E-state index is 12.0. The van der Waals surface area contributed by atoms with Crippen LogP contribution in [0.15, 0.2) is 64.7 Å². The number of benzene rings is 2. The van der Waals surface area contributed by atoms with Crippen molar-refractivity contribution in [3.8, 4) is 0 Å². The Bertz CT molecular complexity index is 822. The van der Waals surface area contributed by atoms with E-state index in [2.05, 4.69) is 16.6 Å². The highest BCUT2D eigenvalue weighted by Gasteiger charge is 2.30. The van der Waals surface area contributed by atoms with Crippen LogP contribution in [0, 0.1) is 0 Å². The lowest BCUT2D eigenvalue weighted by Crippen LogP contribution is -2.38. The summed E-state index contributed by atoms with van der Waals surface area (Å²) < 4.78 is 0. The Morgan fingerprint density at radius 3 is 2.50 bits per heavy atom. The number of anilines is 1. The van der Waals surface area contributed by atoms with E-state index in [0.29, 0.717) is 5.71 Å². The lowest BCUT2D eigenvalue weighted by molar-refractivity contribution is -0.111. The zero-order valence-corrected chi connectivity index (χ0v) is 13.8. The van der Waals surface area contributed by atoms with Crippen LogP contribution in [-0.4, -0.2) is 22.9 Å². The molecule has 3 N–H and O–H groups in total. The number of amides is 1. The Morgan fingerprint density at radius 2 is 1.79 bits per heavy atom. The average molecular weight is 320 g/mol. The molecule has 0 unspecified atom stereocenters. The minimum atomic E-state index is -0.607. The maximum Gasteiger partial charge on any atom is 0.271 e. The van der Waals surface area contributed by atoms with Crippen molar-refractivity contribution in [1.82, 2.24) is 0 Å². The Labute approximate surface area is 141 Å². The summed E-state index contributed by atoms with van der Waals surface area (Å²) in [5.41, 5.74) is 11.7. The molecular formula is C19H20N4O. The van der Waals surface area contributed by atoms with Crippen LogP contribution in [0.2, 0.25) is 0 Å². The van der Waals surface area contributed by atoms with Crippen LogP contribution in [0.5, 0.6) is 0 Å². The molecule has 122 valence electrons.